The quantitative estimate of drug-likeness (QED) is 0.286. The molecule has 0 saturated heterocycles. The minimum Gasteiger partial charge on any atom is -0.390 e. The molecule has 0 aliphatic carbocycles. The number of aromatic amines is 1. The fourth-order valence-corrected chi connectivity index (χ4v) is 3.94. The maximum absolute atomic E-state index is 9.61. The van der Waals surface area contributed by atoms with Crippen molar-refractivity contribution in [2.24, 2.45) is 10.9 Å². The molecule has 0 saturated carbocycles. The van der Waals surface area contributed by atoms with E-state index in [2.05, 4.69) is 30.3 Å². The first-order valence-electron chi connectivity index (χ1n) is 7.91. The first-order chi connectivity index (χ1) is 13.1. The molecule has 0 aliphatic heterocycles. The molecule has 1 unspecified atom stereocenters. The molecular formula is C15H19N9OS2. The molecular weight excluding hydrogens is 386 g/mol. The Labute approximate surface area is 164 Å². The summed E-state index contributed by atoms with van der Waals surface area (Å²) >= 11 is 2.43. The van der Waals surface area contributed by atoms with Crippen molar-refractivity contribution in [3.8, 4) is 22.5 Å². The monoisotopic (exact) mass is 405 g/mol. The fourth-order valence-electron chi connectivity index (χ4n) is 2.41. The highest BCUT2D eigenvalue weighted by Crippen LogP contribution is 2.41. The molecule has 10 nitrogen and oxygen atoms in total. The predicted octanol–water partition coefficient (Wildman–Crippen LogP) is 0.393. The van der Waals surface area contributed by atoms with Crippen molar-refractivity contribution in [3.05, 3.63) is 30.5 Å². The third kappa shape index (κ3) is 4.55. The van der Waals surface area contributed by atoms with Crippen LogP contribution in [0, 0.1) is 0 Å². The van der Waals surface area contributed by atoms with Gasteiger partial charge in [0.25, 0.3) is 0 Å². The van der Waals surface area contributed by atoms with Crippen molar-refractivity contribution in [2.45, 2.75) is 15.9 Å². The third-order valence-corrected chi connectivity index (χ3v) is 5.33. The van der Waals surface area contributed by atoms with Crippen LogP contribution in [0.5, 0.6) is 0 Å². The predicted molar refractivity (Wildman–Crippen MR) is 106 cm³/mol. The second-order valence-corrected chi connectivity index (χ2v) is 7.05. The molecule has 0 fully saturated rings. The number of H-pyrrole nitrogens is 1. The fraction of sp³-hybridized carbons (Fsp3) is 0.200. The van der Waals surface area contributed by atoms with E-state index in [0.717, 1.165) is 38.4 Å². The van der Waals surface area contributed by atoms with Crippen molar-refractivity contribution in [2.75, 3.05) is 18.8 Å². The van der Waals surface area contributed by atoms with Gasteiger partial charge in [0, 0.05) is 34.6 Å². The first kappa shape index (κ1) is 19.5. The molecule has 1 aromatic carbocycles. The van der Waals surface area contributed by atoms with Crippen molar-refractivity contribution in [3.63, 3.8) is 0 Å². The topological polar surface area (TPSA) is 178 Å². The van der Waals surface area contributed by atoms with Crippen LogP contribution in [0.15, 0.2) is 40.3 Å². The zero-order valence-electron chi connectivity index (χ0n) is 14.2. The standard InChI is InChI=1S/C15H19N9OS2/c16-6-9(25)7-20-27-11-2-1-10(8-3-4-19-12(17)5-8)13(14(11)26-18)15-21-23-24-22-15/h1-5,9,20,25H,6-7,16,18H2,(H2,17,19)(H,21,22,23,24). The number of aromatic nitrogens is 5. The molecule has 2 aromatic heterocycles. The molecule has 0 spiro atoms. The van der Waals surface area contributed by atoms with Gasteiger partial charge in [-0.1, -0.05) is 6.07 Å². The number of nitrogen functional groups attached to an aromatic ring is 1. The van der Waals surface area contributed by atoms with E-state index < -0.39 is 6.10 Å². The van der Waals surface area contributed by atoms with Crippen LogP contribution in [0.4, 0.5) is 5.82 Å². The van der Waals surface area contributed by atoms with Gasteiger partial charge >= 0.3 is 0 Å². The molecule has 3 aromatic rings. The molecule has 2 heterocycles. The number of benzene rings is 1. The Morgan fingerprint density at radius 2 is 2.15 bits per heavy atom. The highest BCUT2D eigenvalue weighted by molar-refractivity contribution is 8.00. The lowest BCUT2D eigenvalue weighted by atomic mass is 10.00. The largest absolute Gasteiger partial charge is 0.390 e. The summed E-state index contributed by atoms with van der Waals surface area (Å²) in [4.78, 5) is 5.66. The number of hydrogen-bond acceptors (Lipinski definition) is 11. The molecule has 27 heavy (non-hydrogen) atoms. The van der Waals surface area contributed by atoms with Crippen LogP contribution in [0.2, 0.25) is 0 Å². The number of anilines is 1. The number of nitrogens with zero attached hydrogens (tertiary/aromatic N) is 4. The molecule has 12 heteroatoms. The molecule has 9 N–H and O–H groups in total. The Hall–Kier alpha value is -2.22. The maximum Gasteiger partial charge on any atom is 0.206 e. The smallest absolute Gasteiger partial charge is 0.206 e. The van der Waals surface area contributed by atoms with Gasteiger partial charge in [0.15, 0.2) is 0 Å². The lowest BCUT2D eigenvalue weighted by molar-refractivity contribution is 0.188. The number of hydrogen-bond donors (Lipinski definition) is 6. The molecule has 3 rings (SSSR count). The molecule has 0 aliphatic rings. The molecule has 0 bridgehead atoms. The summed E-state index contributed by atoms with van der Waals surface area (Å²) in [6, 6.07) is 7.48. The van der Waals surface area contributed by atoms with Crippen LogP contribution < -0.4 is 21.3 Å². The van der Waals surface area contributed by atoms with Gasteiger partial charge in [-0.2, -0.15) is 5.21 Å². The van der Waals surface area contributed by atoms with Crippen LogP contribution in [0.1, 0.15) is 0 Å². The zero-order valence-corrected chi connectivity index (χ0v) is 15.8. The summed E-state index contributed by atoms with van der Waals surface area (Å²) in [6.45, 7) is 0.526. The zero-order chi connectivity index (χ0) is 19.2. The van der Waals surface area contributed by atoms with E-state index in [0.29, 0.717) is 18.2 Å². The van der Waals surface area contributed by atoms with E-state index in [1.54, 1.807) is 12.3 Å². The summed E-state index contributed by atoms with van der Waals surface area (Å²) in [5, 5.41) is 29.9. The van der Waals surface area contributed by atoms with Gasteiger partial charge in [0.05, 0.1) is 6.10 Å². The van der Waals surface area contributed by atoms with Crippen molar-refractivity contribution in [1.29, 1.82) is 0 Å². The van der Waals surface area contributed by atoms with Gasteiger partial charge in [-0.3, -0.25) is 9.86 Å². The number of nitrogens with one attached hydrogen (secondary N) is 2. The number of rotatable bonds is 8. The Kier molecular flexibility index (Phi) is 6.60. The van der Waals surface area contributed by atoms with Crippen LogP contribution in [-0.4, -0.2) is 49.9 Å². The van der Waals surface area contributed by atoms with Gasteiger partial charge in [-0.15, -0.1) is 10.2 Å². The summed E-state index contributed by atoms with van der Waals surface area (Å²) in [5.41, 5.74) is 13.7. The molecule has 142 valence electrons. The lowest BCUT2D eigenvalue weighted by Gasteiger charge is -2.16. The van der Waals surface area contributed by atoms with E-state index in [-0.39, 0.29) is 6.54 Å². The van der Waals surface area contributed by atoms with Gasteiger partial charge in [-0.05, 0) is 58.4 Å². The van der Waals surface area contributed by atoms with E-state index in [9.17, 15) is 5.11 Å². The highest BCUT2D eigenvalue weighted by Gasteiger charge is 2.20. The van der Waals surface area contributed by atoms with Crippen LogP contribution in [0.25, 0.3) is 22.5 Å². The molecule has 0 amide bonds. The van der Waals surface area contributed by atoms with Crippen molar-refractivity contribution >= 4 is 29.7 Å². The number of aliphatic hydroxyl groups is 1. The van der Waals surface area contributed by atoms with Gasteiger partial charge in [-0.25, -0.2) is 4.98 Å². The number of tetrazole rings is 1. The summed E-state index contributed by atoms with van der Waals surface area (Å²) in [5.74, 6) is 0.821. The Balaban J connectivity index is 2.05. The number of aliphatic hydroxyl groups excluding tert-OH is 1. The minimum atomic E-state index is -0.623. The summed E-state index contributed by atoms with van der Waals surface area (Å²) in [6.07, 6.45) is 1.01. The average Bonchev–Trinajstić information content (AvgIpc) is 3.21. The van der Waals surface area contributed by atoms with E-state index >= 15 is 0 Å². The number of nitrogens with two attached hydrogens (primary N) is 3. The normalized spacial score (nSPS) is 12.3. The summed E-state index contributed by atoms with van der Waals surface area (Å²) < 4.78 is 3.09. The summed E-state index contributed by atoms with van der Waals surface area (Å²) in [7, 11) is 0. The second-order valence-electron chi connectivity index (χ2n) is 5.48. The molecule has 1 atom stereocenters. The Morgan fingerprint density at radius 3 is 2.81 bits per heavy atom. The average molecular weight is 406 g/mol. The highest BCUT2D eigenvalue weighted by atomic mass is 32.2. The Morgan fingerprint density at radius 1 is 1.30 bits per heavy atom. The molecule has 0 radical (unpaired) electrons. The van der Waals surface area contributed by atoms with Gasteiger partial charge < -0.3 is 16.6 Å². The van der Waals surface area contributed by atoms with Gasteiger partial charge in [0.1, 0.15) is 5.82 Å². The minimum absolute atomic E-state index is 0.183. The maximum atomic E-state index is 9.61. The van der Waals surface area contributed by atoms with Crippen LogP contribution in [-0.2, 0) is 0 Å². The second kappa shape index (κ2) is 9.12. The van der Waals surface area contributed by atoms with Crippen molar-refractivity contribution < 1.29 is 5.11 Å². The van der Waals surface area contributed by atoms with E-state index in [4.69, 9.17) is 16.6 Å². The number of pyridine rings is 1. The Bertz CT molecular complexity index is 891. The lowest BCUT2D eigenvalue weighted by Crippen LogP contribution is -2.29. The first-order valence-corrected chi connectivity index (χ1v) is 9.61. The van der Waals surface area contributed by atoms with Crippen LogP contribution in [0.3, 0.4) is 0 Å². The SMILES string of the molecule is NCC(O)CNSc1ccc(-c2ccnc(N)c2)c(-c2nn[nH]n2)c1SN. The van der Waals surface area contributed by atoms with E-state index in [1.165, 1.54) is 11.9 Å². The van der Waals surface area contributed by atoms with Crippen molar-refractivity contribution in [1.82, 2.24) is 30.3 Å². The van der Waals surface area contributed by atoms with E-state index in [1.807, 2.05) is 18.2 Å². The van der Waals surface area contributed by atoms with Crippen LogP contribution >= 0.6 is 23.9 Å². The van der Waals surface area contributed by atoms with Gasteiger partial charge in [0.2, 0.25) is 5.82 Å². The third-order valence-electron chi connectivity index (χ3n) is 3.67.